The van der Waals surface area contributed by atoms with Crippen LogP contribution < -0.4 is 4.74 Å². The van der Waals surface area contributed by atoms with E-state index < -0.39 is 23.6 Å². The maximum atomic E-state index is 13.8. The van der Waals surface area contributed by atoms with Crippen LogP contribution in [0.25, 0.3) is 5.69 Å². The Labute approximate surface area is 201 Å². The second kappa shape index (κ2) is 8.45. The molecule has 1 aromatic heterocycles. The Morgan fingerprint density at radius 1 is 1.00 bits per heavy atom. The van der Waals surface area contributed by atoms with Crippen molar-refractivity contribution in [3.05, 3.63) is 83.2 Å². The number of alkyl halides is 3. The number of fused-ring (bicyclic) bond motifs is 4. The number of carbonyl (C=O) groups excluding carboxylic acids is 1. The molecule has 35 heavy (non-hydrogen) atoms. The molecule has 184 valence electrons. The number of rotatable bonds is 3. The first kappa shape index (κ1) is 23.5. The highest BCUT2D eigenvalue weighted by molar-refractivity contribution is 5.94. The first-order valence-electron chi connectivity index (χ1n) is 11.8. The number of aliphatic hydroxyl groups excluding tert-OH is 1. The molecule has 1 amide bonds. The van der Waals surface area contributed by atoms with Crippen molar-refractivity contribution in [3.63, 3.8) is 0 Å². The fraction of sp³-hybridized carbons (Fsp3) is 0.370. The highest BCUT2D eigenvalue weighted by Gasteiger charge is 2.48. The number of amides is 1. The van der Waals surface area contributed by atoms with Crippen molar-refractivity contribution < 1.29 is 27.8 Å². The third-order valence-electron chi connectivity index (χ3n) is 7.04. The Bertz CT molecular complexity index is 1240. The zero-order chi connectivity index (χ0) is 25.0. The number of likely N-dealkylation sites (tertiary alicyclic amines) is 1. The molecule has 1 spiro atoms. The van der Waals surface area contributed by atoms with Crippen molar-refractivity contribution in [2.45, 2.75) is 44.6 Å². The number of benzene rings is 2. The molecule has 2 aromatic carbocycles. The summed E-state index contributed by atoms with van der Waals surface area (Å²) < 4.78 is 49.0. The van der Waals surface area contributed by atoms with Crippen LogP contribution in [0.4, 0.5) is 13.2 Å². The first-order chi connectivity index (χ1) is 16.6. The largest absolute Gasteiger partial charge is 0.479 e. The van der Waals surface area contributed by atoms with Crippen LogP contribution in [0.2, 0.25) is 0 Å². The number of hydrogen-bond acceptors (Lipinski definition) is 3. The Morgan fingerprint density at radius 2 is 1.66 bits per heavy atom. The quantitative estimate of drug-likeness (QED) is 0.518. The number of aromatic nitrogens is 1. The molecule has 8 heteroatoms. The van der Waals surface area contributed by atoms with E-state index in [0.29, 0.717) is 48.6 Å². The molecule has 5 rings (SSSR count). The summed E-state index contributed by atoms with van der Waals surface area (Å²) >= 11 is 0. The van der Waals surface area contributed by atoms with Gasteiger partial charge in [-0.25, -0.2) is 0 Å². The lowest BCUT2D eigenvalue weighted by Crippen LogP contribution is -2.50. The minimum Gasteiger partial charge on any atom is -0.479 e. The van der Waals surface area contributed by atoms with E-state index in [1.54, 1.807) is 53.4 Å². The standard InChI is InChI=1S/C27H27F3N2O3/c1-17(2)24(33)18-7-9-19(10-8-18)25(34)31-15-13-26(14-16-31)22-11-12-23(27(28,29)30)32(22)20-5-3-4-6-21(20)35-26/h3-12,17,24,33H,13-16H2,1-2H3. The Kier molecular flexibility index (Phi) is 5.67. The maximum Gasteiger partial charge on any atom is 0.431 e. The van der Waals surface area contributed by atoms with Crippen molar-refractivity contribution in [1.82, 2.24) is 9.47 Å². The lowest BCUT2D eigenvalue weighted by molar-refractivity contribution is -0.143. The minimum atomic E-state index is -4.50. The Balaban J connectivity index is 1.39. The number of ether oxygens (including phenoxy) is 1. The summed E-state index contributed by atoms with van der Waals surface area (Å²) in [5, 5.41) is 10.2. The van der Waals surface area contributed by atoms with Gasteiger partial charge in [-0.3, -0.25) is 4.79 Å². The van der Waals surface area contributed by atoms with Crippen molar-refractivity contribution in [2.24, 2.45) is 5.92 Å². The van der Waals surface area contributed by atoms with Crippen LogP contribution in [0.3, 0.4) is 0 Å². The van der Waals surface area contributed by atoms with Gasteiger partial charge in [-0.15, -0.1) is 0 Å². The van der Waals surface area contributed by atoms with E-state index in [4.69, 9.17) is 4.74 Å². The second-order valence-electron chi connectivity index (χ2n) is 9.60. The van der Waals surface area contributed by atoms with Gasteiger partial charge in [0.25, 0.3) is 5.91 Å². The van der Waals surface area contributed by atoms with Crippen LogP contribution >= 0.6 is 0 Å². The topological polar surface area (TPSA) is 54.7 Å². The van der Waals surface area contributed by atoms with Crippen molar-refractivity contribution in [2.75, 3.05) is 13.1 Å². The molecule has 3 aromatic rings. The zero-order valence-electron chi connectivity index (χ0n) is 19.5. The zero-order valence-corrected chi connectivity index (χ0v) is 19.5. The molecule has 0 aliphatic carbocycles. The number of para-hydroxylation sites is 2. The predicted octanol–water partition coefficient (Wildman–Crippen LogP) is 5.71. The van der Waals surface area contributed by atoms with Gasteiger partial charge in [-0.2, -0.15) is 13.2 Å². The molecule has 5 nitrogen and oxygen atoms in total. The minimum absolute atomic E-state index is 0.0623. The molecular formula is C27H27F3N2O3. The normalized spacial score (nSPS) is 17.6. The smallest absolute Gasteiger partial charge is 0.431 e. The SMILES string of the molecule is CC(C)C(O)c1ccc(C(=O)N2CCC3(CC2)Oc2ccccc2-n2c(C(F)(F)F)ccc23)cc1. The average molecular weight is 485 g/mol. The number of carbonyl (C=O) groups is 1. The Hall–Kier alpha value is -3.26. The number of hydrogen-bond donors (Lipinski definition) is 1. The van der Waals surface area contributed by atoms with Gasteiger partial charge in [0.15, 0.2) is 5.60 Å². The monoisotopic (exact) mass is 484 g/mol. The Morgan fingerprint density at radius 3 is 2.29 bits per heavy atom. The average Bonchev–Trinajstić information content (AvgIpc) is 3.31. The van der Waals surface area contributed by atoms with E-state index in [0.717, 1.165) is 11.6 Å². The van der Waals surface area contributed by atoms with Crippen LogP contribution in [0.5, 0.6) is 5.75 Å². The molecule has 2 aliphatic rings. The highest BCUT2D eigenvalue weighted by atomic mass is 19.4. The van der Waals surface area contributed by atoms with Crippen LogP contribution in [-0.2, 0) is 11.8 Å². The van der Waals surface area contributed by atoms with Gasteiger partial charge in [0, 0.05) is 31.5 Å². The van der Waals surface area contributed by atoms with E-state index in [2.05, 4.69) is 0 Å². The van der Waals surface area contributed by atoms with Gasteiger partial charge >= 0.3 is 6.18 Å². The van der Waals surface area contributed by atoms with E-state index in [-0.39, 0.29) is 11.8 Å². The fourth-order valence-electron chi connectivity index (χ4n) is 5.08. The molecule has 1 unspecified atom stereocenters. The van der Waals surface area contributed by atoms with Gasteiger partial charge in [0.05, 0.1) is 17.5 Å². The van der Waals surface area contributed by atoms with Crippen LogP contribution in [-0.4, -0.2) is 33.6 Å². The summed E-state index contributed by atoms with van der Waals surface area (Å²) in [4.78, 5) is 14.8. The second-order valence-corrected chi connectivity index (χ2v) is 9.60. The number of halogens is 3. The fourth-order valence-corrected chi connectivity index (χ4v) is 5.08. The van der Waals surface area contributed by atoms with Gasteiger partial charge in [-0.05, 0) is 47.9 Å². The van der Waals surface area contributed by atoms with E-state index in [1.807, 2.05) is 13.8 Å². The summed E-state index contributed by atoms with van der Waals surface area (Å²) in [5.41, 5.74) is 0.419. The lowest BCUT2D eigenvalue weighted by atomic mass is 9.86. The van der Waals surface area contributed by atoms with Crippen molar-refractivity contribution in [1.29, 1.82) is 0 Å². The van der Waals surface area contributed by atoms with Gasteiger partial charge < -0.3 is 19.3 Å². The highest BCUT2D eigenvalue weighted by Crippen LogP contribution is 2.48. The molecule has 2 aliphatic heterocycles. The number of piperidine rings is 1. The van der Waals surface area contributed by atoms with Gasteiger partial charge in [0.1, 0.15) is 11.4 Å². The van der Waals surface area contributed by atoms with E-state index in [1.165, 1.54) is 10.6 Å². The van der Waals surface area contributed by atoms with Crippen LogP contribution in [0, 0.1) is 5.92 Å². The van der Waals surface area contributed by atoms with E-state index >= 15 is 0 Å². The molecule has 3 heterocycles. The third-order valence-corrected chi connectivity index (χ3v) is 7.04. The van der Waals surface area contributed by atoms with Gasteiger partial charge in [0.2, 0.25) is 0 Å². The molecule has 0 bridgehead atoms. The molecule has 1 fully saturated rings. The molecular weight excluding hydrogens is 457 g/mol. The summed E-state index contributed by atoms with van der Waals surface area (Å²) in [6, 6.07) is 16.3. The first-order valence-corrected chi connectivity index (χ1v) is 11.8. The molecule has 1 atom stereocenters. The van der Waals surface area contributed by atoms with Crippen molar-refractivity contribution >= 4 is 5.91 Å². The summed E-state index contributed by atoms with van der Waals surface area (Å²) in [5.74, 6) is 0.320. The third kappa shape index (κ3) is 3.99. The summed E-state index contributed by atoms with van der Waals surface area (Å²) in [6.45, 7) is 4.55. The molecule has 1 N–H and O–H groups in total. The molecule has 0 saturated carbocycles. The summed E-state index contributed by atoms with van der Waals surface area (Å²) in [7, 11) is 0. The van der Waals surface area contributed by atoms with Crippen molar-refractivity contribution in [3.8, 4) is 11.4 Å². The number of aliphatic hydroxyl groups is 1. The lowest BCUT2D eigenvalue weighted by Gasteiger charge is -2.45. The maximum absolute atomic E-state index is 13.8. The molecule has 1 saturated heterocycles. The van der Waals surface area contributed by atoms with Gasteiger partial charge in [-0.1, -0.05) is 38.1 Å². The predicted molar refractivity (Wildman–Crippen MR) is 124 cm³/mol. The summed E-state index contributed by atoms with van der Waals surface area (Å²) in [6.07, 6.45) is -4.36. The number of nitrogens with zero attached hydrogens (tertiary/aromatic N) is 2. The molecule has 0 radical (unpaired) electrons. The van der Waals surface area contributed by atoms with Crippen LogP contribution in [0.15, 0.2) is 60.7 Å². The van der Waals surface area contributed by atoms with E-state index in [9.17, 15) is 23.1 Å². The van der Waals surface area contributed by atoms with Crippen LogP contribution in [0.1, 0.15) is 60.1 Å².